The predicted molar refractivity (Wildman–Crippen MR) is 131 cm³/mol. The molecule has 0 atom stereocenters. The molecule has 0 amide bonds. The van der Waals surface area contributed by atoms with Gasteiger partial charge in [-0.3, -0.25) is 14.1 Å². The fourth-order valence-corrected chi connectivity index (χ4v) is 3.19. The van der Waals surface area contributed by atoms with Gasteiger partial charge in [-0.1, -0.05) is 23.7 Å². The van der Waals surface area contributed by atoms with Crippen LogP contribution in [0.4, 0.5) is 0 Å². The van der Waals surface area contributed by atoms with Crippen molar-refractivity contribution < 1.29 is 30.3 Å². The lowest BCUT2D eigenvalue weighted by atomic mass is 10.3. The average Bonchev–Trinajstić information content (AvgIpc) is 3.23. The van der Waals surface area contributed by atoms with E-state index in [1.807, 2.05) is 24.3 Å². The fraction of sp³-hybridized carbons (Fsp3) is 0.667. The molecule has 2 heterocycles. The summed E-state index contributed by atoms with van der Waals surface area (Å²) in [5.41, 5.74) is 0.0144. The van der Waals surface area contributed by atoms with Gasteiger partial charge in [0, 0.05) is 45.8 Å². The van der Waals surface area contributed by atoms with Gasteiger partial charge >= 0.3 is 0 Å². The van der Waals surface area contributed by atoms with Crippen LogP contribution in [0.5, 0.6) is 0 Å². The zero-order chi connectivity index (χ0) is 24.6. The first-order chi connectivity index (χ1) is 16.1. The number of hydrogen-bond acceptors (Lipinski definition) is 11. The number of ether oxygens (including phenoxy) is 1. The molecule has 0 unspecified atom stereocenters. The Labute approximate surface area is 198 Å². The van der Waals surface area contributed by atoms with Crippen LogP contribution in [-0.4, -0.2) is 127 Å². The first-order valence-electron chi connectivity index (χ1n) is 11.0. The van der Waals surface area contributed by atoms with E-state index in [9.17, 15) is 4.79 Å². The second-order valence-corrected chi connectivity index (χ2v) is 7.45. The van der Waals surface area contributed by atoms with Crippen molar-refractivity contribution in [3.8, 4) is 0 Å². The topological polar surface area (TPSA) is 171 Å². The van der Waals surface area contributed by atoms with E-state index in [0.29, 0.717) is 32.7 Å². The van der Waals surface area contributed by atoms with Gasteiger partial charge in [0.25, 0.3) is 5.56 Å². The maximum absolute atomic E-state index is 10.9. The van der Waals surface area contributed by atoms with Crippen LogP contribution in [0.15, 0.2) is 29.1 Å². The number of aliphatic hydroxyl groups excluding tert-OH is 5. The summed E-state index contributed by atoms with van der Waals surface area (Å²) >= 11 is 1.38. The van der Waals surface area contributed by atoms with Crippen LogP contribution in [0, 0.1) is 0 Å². The molecular weight excluding hydrogens is 452 g/mol. The van der Waals surface area contributed by atoms with Crippen LogP contribution in [0.3, 0.4) is 0 Å². The Hall–Kier alpha value is -1.45. The third kappa shape index (κ3) is 17.7. The number of nitrogens with one attached hydrogen (secondary N) is 3. The molecule has 2 aromatic rings. The van der Waals surface area contributed by atoms with Gasteiger partial charge < -0.3 is 40.9 Å². The molecule has 1 aromatic carbocycles. The summed E-state index contributed by atoms with van der Waals surface area (Å²) in [6.07, 6.45) is 0. The predicted octanol–water partition coefficient (Wildman–Crippen LogP) is -1.98. The number of benzene rings is 1. The number of hydrogen-bond donors (Lipinski definition) is 8. The molecule has 11 nitrogen and oxygen atoms in total. The number of nitrogens with zero attached hydrogens (tertiary/aromatic N) is 1. The molecule has 1 aromatic heterocycles. The highest BCUT2D eigenvalue weighted by Gasteiger charge is 2.00. The SMILES string of the molecule is C1COCCN1.O=c1[nH]sc2ccccc12.OCCN(CCO)CCO.OCCNCCO. The number of H-pyrrole nitrogens is 1. The molecule has 1 fully saturated rings. The maximum atomic E-state index is 10.9. The monoisotopic (exact) mass is 492 g/mol. The first-order valence-corrected chi connectivity index (χ1v) is 11.8. The second kappa shape index (κ2) is 23.7. The molecule has 0 aliphatic carbocycles. The van der Waals surface area contributed by atoms with Gasteiger partial charge in [-0.2, -0.15) is 0 Å². The fourth-order valence-electron chi connectivity index (χ4n) is 2.46. The van der Waals surface area contributed by atoms with Crippen molar-refractivity contribution >= 4 is 21.6 Å². The molecule has 1 saturated heterocycles. The molecule has 1 aliphatic heterocycles. The van der Waals surface area contributed by atoms with Crippen LogP contribution in [0.25, 0.3) is 10.1 Å². The minimum absolute atomic E-state index is 0.0144. The van der Waals surface area contributed by atoms with E-state index in [2.05, 4.69) is 15.0 Å². The highest BCUT2D eigenvalue weighted by molar-refractivity contribution is 7.13. The van der Waals surface area contributed by atoms with Crippen molar-refractivity contribution in [3.63, 3.8) is 0 Å². The van der Waals surface area contributed by atoms with E-state index in [1.54, 1.807) is 4.90 Å². The Bertz CT molecular complexity index is 683. The highest BCUT2D eigenvalue weighted by atomic mass is 32.1. The number of rotatable bonds is 10. The van der Waals surface area contributed by atoms with Crippen molar-refractivity contribution in [2.75, 3.05) is 92.1 Å². The number of aromatic amines is 1. The lowest BCUT2D eigenvalue weighted by molar-refractivity contribution is 0.109. The summed E-state index contributed by atoms with van der Waals surface area (Å²) in [7, 11) is 0. The van der Waals surface area contributed by atoms with Gasteiger partial charge in [-0.25, -0.2) is 0 Å². The third-order valence-corrected chi connectivity index (χ3v) is 4.92. The molecule has 0 spiro atoms. The quantitative estimate of drug-likeness (QED) is 0.174. The summed E-state index contributed by atoms with van der Waals surface area (Å²) in [6, 6.07) is 7.54. The van der Waals surface area contributed by atoms with Gasteiger partial charge in [-0.05, 0) is 12.1 Å². The summed E-state index contributed by atoms with van der Waals surface area (Å²) < 4.78 is 8.69. The lowest BCUT2D eigenvalue weighted by Crippen LogP contribution is -2.32. The lowest BCUT2D eigenvalue weighted by Gasteiger charge is -2.17. The van der Waals surface area contributed by atoms with Crippen LogP contribution in [0.1, 0.15) is 0 Å². The van der Waals surface area contributed by atoms with Crippen molar-refractivity contribution in [3.05, 3.63) is 34.6 Å². The Morgan fingerprint density at radius 1 is 0.879 bits per heavy atom. The van der Waals surface area contributed by atoms with Crippen LogP contribution < -0.4 is 16.2 Å². The standard InChI is InChI=1S/C7H5NOS.C6H15NO3.C4H11NO2.C4H9NO/c9-7-5-3-1-2-4-6(5)10-8-7;8-4-1-7(2-5-9)3-6-10;6-3-1-5-2-4-7;1-3-6-4-2-5-1/h1-4H,(H,8,9);8-10H,1-6H2;5-7H,1-4H2;5H,1-4H2. The Morgan fingerprint density at radius 3 is 1.82 bits per heavy atom. The minimum Gasteiger partial charge on any atom is -0.395 e. The number of aliphatic hydroxyl groups is 5. The van der Waals surface area contributed by atoms with Gasteiger partial charge in [0.15, 0.2) is 0 Å². The smallest absolute Gasteiger partial charge is 0.265 e. The van der Waals surface area contributed by atoms with Crippen molar-refractivity contribution in [1.82, 2.24) is 19.9 Å². The largest absolute Gasteiger partial charge is 0.395 e. The van der Waals surface area contributed by atoms with Crippen LogP contribution in [-0.2, 0) is 4.74 Å². The summed E-state index contributed by atoms with van der Waals surface area (Å²) in [5.74, 6) is 0. The summed E-state index contributed by atoms with van der Waals surface area (Å²) in [4.78, 5) is 12.7. The Kier molecular flexibility index (Phi) is 22.7. The van der Waals surface area contributed by atoms with Gasteiger partial charge in [0.05, 0.1) is 56.3 Å². The normalized spacial score (nSPS) is 12.8. The van der Waals surface area contributed by atoms with E-state index in [1.165, 1.54) is 11.5 Å². The minimum atomic E-state index is 0.0144. The van der Waals surface area contributed by atoms with E-state index in [-0.39, 0.29) is 38.6 Å². The van der Waals surface area contributed by atoms with E-state index >= 15 is 0 Å². The van der Waals surface area contributed by atoms with E-state index in [4.69, 9.17) is 30.3 Å². The van der Waals surface area contributed by atoms with Gasteiger partial charge in [0.1, 0.15) is 0 Å². The third-order valence-electron chi connectivity index (χ3n) is 4.06. The number of aromatic nitrogens is 1. The molecule has 8 N–H and O–H groups in total. The summed E-state index contributed by atoms with van der Waals surface area (Å²) in [5, 5.41) is 48.5. The molecule has 1 aliphatic rings. The first kappa shape index (κ1) is 31.6. The van der Waals surface area contributed by atoms with Crippen molar-refractivity contribution in [2.45, 2.75) is 0 Å². The van der Waals surface area contributed by atoms with Gasteiger partial charge in [0.2, 0.25) is 0 Å². The van der Waals surface area contributed by atoms with Crippen molar-refractivity contribution in [2.24, 2.45) is 0 Å². The second-order valence-electron chi connectivity index (χ2n) is 6.60. The molecule has 3 rings (SSSR count). The molecule has 33 heavy (non-hydrogen) atoms. The van der Waals surface area contributed by atoms with E-state index in [0.717, 1.165) is 36.4 Å². The van der Waals surface area contributed by atoms with Gasteiger partial charge in [-0.15, -0.1) is 0 Å². The Morgan fingerprint density at radius 2 is 1.42 bits per heavy atom. The zero-order valence-corrected chi connectivity index (χ0v) is 19.9. The molecule has 0 saturated carbocycles. The molecule has 0 radical (unpaired) electrons. The van der Waals surface area contributed by atoms with Crippen molar-refractivity contribution in [1.29, 1.82) is 0 Å². The number of fused-ring (bicyclic) bond motifs is 1. The molecular formula is C21H40N4O7S. The van der Waals surface area contributed by atoms with Crippen LogP contribution >= 0.6 is 11.5 Å². The summed E-state index contributed by atoms with van der Waals surface area (Å²) in [6.45, 7) is 7.00. The molecule has 12 heteroatoms. The Balaban J connectivity index is 0.000000423. The van der Waals surface area contributed by atoms with Crippen LogP contribution in [0.2, 0.25) is 0 Å². The molecule has 192 valence electrons. The highest BCUT2D eigenvalue weighted by Crippen LogP contribution is 2.11. The number of morpholine rings is 1. The maximum Gasteiger partial charge on any atom is 0.265 e. The molecule has 0 bridgehead atoms. The van der Waals surface area contributed by atoms with E-state index < -0.39 is 0 Å². The zero-order valence-electron chi connectivity index (χ0n) is 19.1. The average molecular weight is 493 g/mol.